The largest absolute Gasteiger partial charge is 0.461 e. The summed E-state index contributed by atoms with van der Waals surface area (Å²) in [7, 11) is 0. The normalized spacial score (nSPS) is 10.8. The molecule has 0 radical (unpaired) electrons. The second kappa shape index (κ2) is 13.2. The van der Waals surface area contributed by atoms with Gasteiger partial charge in [-0.15, -0.1) is 0 Å². The summed E-state index contributed by atoms with van der Waals surface area (Å²) in [4.78, 5) is 63.2. The molecule has 11 heteroatoms. The Kier molecular flexibility index (Phi) is 9.73. The molecule has 0 unspecified atom stereocenters. The molecule has 0 spiro atoms. The predicted octanol–water partition coefficient (Wildman–Crippen LogP) is 1.02. The number of aryl methyl sites for hydroxylation is 1. The molecule has 1 aromatic heterocycles. The number of H-pyrrole nitrogens is 1. The molecule has 11 nitrogen and oxygen atoms in total. The van der Waals surface area contributed by atoms with E-state index in [1.807, 2.05) is 36.2 Å². The van der Waals surface area contributed by atoms with Crippen molar-refractivity contribution < 1.29 is 24.2 Å². The maximum absolute atomic E-state index is 12.7. The van der Waals surface area contributed by atoms with Crippen LogP contribution < -0.4 is 17.1 Å². The Morgan fingerprint density at radius 2 is 1.14 bits per heavy atom. The highest BCUT2D eigenvalue weighted by atomic mass is 16.5. The summed E-state index contributed by atoms with van der Waals surface area (Å²) in [5.41, 5.74) is 0.537. The molecule has 0 saturated carbocycles. The van der Waals surface area contributed by atoms with Crippen molar-refractivity contribution in [2.75, 3.05) is 0 Å². The van der Waals surface area contributed by atoms with E-state index >= 15 is 0 Å². The number of aromatic amines is 1. The van der Waals surface area contributed by atoms with Gasteiger partial charge < -0.3 is 14.6 Å². The minimum Gasteiger partial charge on any atom is -0.461 e. The number of benzene rings is 2. The lowest BCUT2D eigenvalue weighted by atomic mass is 10.1. The zero-order valence-corrected chi connectivity index (χ0v) is 20.5. The maximum Gasteiger partial charge on any atom is 0.336 e. The van der Waals surface area contributed by atoms with Crippen molar-refractivity contribution in [3.8, 4) is 0 Å². The molecule has 1 heterocycles. The molecule has 3 aromatic rings. The number of carbonyl (C=O) groups excluding carboxylic acids is 2. The van der Waals surface area contributed by atoms with Crippen molar-refractivity contribution in [1.29, 1.82) is 0 Å². The van der Waals surface area contributed by atoms with Crippen LogP contribution in [-0.4, -0.2) is 31.2 Å². The van der Waals surface area contributed by atoms with Crippen molar-refractivity contribution in [3.63, 3.8) is 0 Å². The molecule has 3 rings (SSSR count). The molecule has 0 saturated heterocycles. The van der Waals surface area contributed by atoms with Crippen molar-refractivity contribution in [3.05, 3.63) is 102 Å². The zero-order valence-electron chi connectivity index (χ0n) is 20.5. The Bertz CT molecular complexity index is 1280. The molecule has 37 heavy (non-hydrogen) atoms. The number of ether oxygens (including phenoxy) is 2. The van der Waals surface area contributed by atoms with E-state index in [0.717, 1.165) is 23.1 Å². The molecule has 0 aliphatic rings. The monoisotopic (exact) mass is 511 g/mol. The van der Waals surface area contributed by atoms with Crippen molar-refractivity contribution in [2.45, 2.75) is 59.1 Å². The van der Waals surface area contributed by atoms with E-state index in [0.29, 0.717) is 14.7 Å². The highest BCUT2D eigenvalue weighted by Crippen LogP contribution is 2.08. The quantitative estimate of drug-likeness (QED) is 0.342. The molecule has 0 amide bonds. The van der Waals surface area contributed by atoms with Crippen LogP contribution in [-0.2, 0) is 58.4 Å². The fourth-order valence-corrected chi connectivity index (χ4v) is 3.43. The minimum absolute atomic E-state index is 0.0137. The molecule has 2 N–H and O–H groups in total. The van der Waals surface area contributed by atoms with Gasteiger partial charge in [-0.25, -0.2) is 23.5 Å². The summed E-state index contributed by atoms with van der Waals surface area (Å²) in [6.07, 6.45) is 0.354. The van der Waals surface area contributed by atoms with E-state index in [4.69, 9.17) is 14.6 Å². The van der Waals surface area contributed by atoms with Gasteiger partial charge in [-0.1, -0.05) is 55.5 Å². The summed E-state index contributed by atoms with van der Waals surface area (Å²) >= 11 is 0. The van der Waals surface area contributed by atoms with Gasteiger partial charge >= 0.3 is 29.0 Å². The van der Waals surface area contributed by atoms with Crippen LogP contribution in [0.5, 0.6) is 0 Å². The van der Waals surface area contributed by atoms with Crippen LogP contribution in [0.2, 0.25) is 0 Å². The van der Waals surface area contributed by atoms with E-state index < -0.39 is 29.0 Å². The van der Waals surface area contributed by atoms with Gasteiger partial charge in [0.15, 0.2) is 0 Å². The van der Waals surface area contributed by atoms with E-state index in [9.17, 15) is 24.0 Å². The second-order valence-corrected chi connectivity index (χ2v) is 8.29. The number of aliphatic hydroxyl groups excluding tert-OH is 1. The number of aliphatic hydroxyl groups is 1. The van der Waals surface area contributed by atoms with Gasteiger partial charge in [0, 0.05) is 13.1 Å². The molecule has 2 aromatic carbocycles. The third kappa shape index (κ3) is 7.87. The first-order chi connectivity index (χ1) is 17.8. The summed E-state index contributed by atoms with van der Waals surface area (Å²) < 4.78 is 11.8. The SMILES string of the molecule is CCc1ccc(COC(=O)CCn2c(=O)[nH]c(=O)n(CCC(=O)OCc3ccc(CO)cc3)c2=O)cc1. The van der Waals surface area contributed by atoms with Gasteiger partial charge in [0.1, 0.15) is 13.2 Å². The number of rotatable bonds is 12. The van der Waals surface area contributed by atoms with Crippen LogP contribution in [0.25, 0.3) is 0 Å². The zero-order chi connectivity index (χ0) is 26.8. The lowest BCUT2D eigenvalue weighted by molar-refractivity contribution is -0.146. The molecule has 0 fully saturated rings. The maximum atomic E-state index is 12.7. The second-order valence-electron chi connectivity index (χ2n) is 8.29. The average Bonchev–Trinajstić information content (AvgIpc) is 2.90. The number of aromatic nitrogens is 3. The number of hydrogen-bond donors (Lipinski definition) is 2. The molecular formula is C26H29N3O8. The van der Waals surface area contributed by atoms with Crippen LogP contribution in [0.15, 0.2) is 62.9 Å². The lowest BCUT2D eigenvalue weighted by Gasteiger charge is -2.10. The first kappa shape index (κ1) is 27.3. The molecular weight excluding hydrogens is 482 g/mol. The summed E-state index contributed by atoms with van der Waals surface area (Å²) in [6, 6.07) is 14.4. The number of hydrogen-bond acceptors (Lipinski definition) is 8. The highest BCUT2D eigenvalue weighted by Gasteiger charge is 2.14. The summed E-state index contributed by atoms with van der Waals surface area (Å²) in [5, 5.41) is 9.06. The van der Waals surface area contributed by atoms with Crippen LogP contribution in [0.3, 0.4) is 0 Å². The number of nitrogens with zero attached hydrogens (tertiary/aromatic N) is 2. The van der Waals surface area contributed by atoms with Gasteiger partial charge in [-0.05, 0) is 28.7 Å². The standard InChI is InChI=1S/C26H29N3O8/c1-2-18-3-7-20(8-4-18)16-36-22(31)11-13-28-24(33)27-25(34)29(26(28)35)14-12-23(32)37-17-21-9-5-19(15-30)6-10-21/h3-10,30H,2,11-17H2,1H3,(H,27,33,34). The fraction of sp³-hybridized carbons (Fsp3) is 0.346. The molecule has 0 atom stereocenters. The minimum atomic E-state index is -0.961. The van der Waals surface area contributed by atoms with Crippen molar-refractivity contribution in [2.24, 2.45) is 0 Å². The van der Waals surface area contributed by atoms with Crippen molar-refractivity contribution in [1.82, 2.24) is 14.1 Å². The van der Waals surface area contributed by atoms with Gasteiger partial charge in [-0.2, -0.15) is 0 Å². The first-order valence-corrected chi connectivity index (χ1v) is 11.8. The van der Waals surface area contributed by atoms with E-state index in [1.54, 1.807) is 24.3 Å². The lowest BCUT2D eigenvalue weighted by Crippen LogP contribution is -2.49. The summed E-state index contributed by atoms with van der Waals surface area (Å²) in [6.45, 7) is 1.38. The third-order valence-corrected chi connectivity index (χ3v) is 5.68. The smallest absolute Gasteiger partial charge is 0.336 e. The van der Waals surface area contributed by atoms with E-state index in [-0.39, 0.29) is 45.8 Å². The van der Waals surface area contributed by atoms with Crippen LogP contribution in [0.4, 0.5) is 0 Å². The molecule has 0 bridgehead atoms. The fourth-order valence-electron chi connectivity index (χ4n) is 3.43. The van der Waals surface area contributed by atoms with Crippen LogP contribution >= 0.6 is 0 Å². The third-order valence-electron chi connectivity index (χ3n) is 5.68. The van der Waals surface area contributed by atoms with Crippen LogP contribution in [0.1, 0.15) is 42.0 Å². The van der Waals surface area contributed by atoms with Gasteiger partial charge in [0.2, 0.25) is 0 Å². The Hall–Kier alpha value is -4.25. The van der Waals surface area contributed by atoms with Gasteiger partial charge in [-0.3, -0.25) is 14.6 Å². The summed E-state index contributed by atoms with van der Waals surface area (Å²) in [5.74, 6) is -1.26. The Morgan fingerprint density at radius 3 is 1.54 bits per heavy atom. The average molecular weight is 512 g/mol. The van der Waals surface area contributed by atoms with Crippen molar-refractivity contribution >= 4 is 11.9 Å². The predicted molar refractivity (Wildman–Crippen MR) is 133 cm³/mol. The molecule has 0 aliphatic carbocycles. The van der Waals surface area contributed by atoms with E-state index in [2.05, 4.69) is 0 Å². The Morgan fingerprint density at radius 1 is 0.730 bits per heavy atom. The van der Waals surface area contributed by atoms with Gasteiger partial charge in [0.25, 0.3) is 0 Å². The number of esters is 2. The van der Waals surface area contributed by atoms with Gasteiger partial charge in [0.05, 0.1) is 19.4 Å². The van der Waals surface area contributed by atoms with Crippen LogP contribution in [0, 0.1) is 0 Å². The number of nitrogens with one attached hydrogen (secondary N) is 1. The highest BCUT2D eigenvalue weighted by molar-refractivity contribution is 5.69. The first-order valence-electron chi connectivity index (χ1n) is 11.8. The molecule has 0 aliphatic heterocycles. The molecule has 196 valence electrons. The Labute approximate surface area is 211 Å². The number of carbonyl (C=O) groups is 2. The Balaban J connectivity index is 1.54. The van der Waals surface area contributed by atoms with E-state index in [1.165, 1.54) is 0 Å². The topological polar surface area (TPSA) is 150 Å².